The van der Waals surface area contributed by atoms with E-state index in [-0.39, 0.29) is 0 Å². The highest BCUT2D eigenvalue weighted by molar-refractivity contribution is 5.01. The number of nitrogens with zero attached hydrogens (tertiary/aromatic N) is 2. The molecule has 0 unspecified atom stereocenters. The van der Waals surface area contributed by atoms with E-state index in [0.717, 1.165) is 37.4 Å². The molecular formula is C12H19N3O. The van der Waals surface area contributed by atoms with Gasteiger partial charge in [-0.15, -0.1) is 0 Å². The average Bonchev–Trinajstić information content (AvgIpc) is 2.24. The number of rotatable bonds is 5. The molecule has 0 aliphatic heterocycles. The Morgan fingerprint density at radius 1 is 1.38 bits per heavy atom. The van der Waals surface area contributed by atoms with Crippen molar-refractivity contribution in [3.8, 4) is 0 Å². The van der Waals surface area contributed by atoms with E-state index < -0.39 is 0 Å². The second-order valence-corrected chi connectivity index (χ2v) is 4.28. The molecule has 0 saturated heterocycles. The molecule has 2 rings (SSSR count). The lowest BCUT2D eigenvalue weighted by atomic mass is 9.89. The standard InChI is InChI=1S/C12H19N3O/c1-3-16-12-4-10(5-12)15-8-11-7-13-9(2)6-14-11/h6-7,10,12,15H,3-5,8H2,1-2H3. The van der Waals surface area contributed by atoms with Gasteiger partial charge in [0, 0.05) is 31.6 Å². The number of hydrogen-bond donors (Lipinski definition) is 1. The summed E-state index contributed by atoms with van der Waals surface area (Å²) in [6.45, 7) is 5.61. The maximum atomic E-state index is 5.51. The molecular weight excluding hydrogens is 202 g/mol. The monoisotopic (exact) mass is 221 g/mol. The highest BCUT2D eigenvalue weighted by atomic mass is 16.5. The predicted molar refractivity (Wildman–Crippen MR) is 62.0 cm³/mol. The van der Waals surface area contributed by atoms with Crippen molar-refractivity contribution in [2.75, 3.05) is 6.61 Å². The van der Waals surface area contributed by atoms with Crippen LogP contribution in [0.5, 0.6) is 0 Å². The van der Waals surface area contributed by atoms with Crippen molar-refractivity contribution in [3.63, 3.8) is 0 Å². The first kappa shape index (κ1) is 11.5. The summed E-state index contributed by atoms with van der Waals surface area (Å²) in [4.78, 5) is 8.53. The minimum Gasteiger partial charge on any atom is -0.378 e. The first-order valence-corrected chi connectivity index (χ1v) is 5.90. The molecule has 1 aliphatic rings. The SMILES string of the molecule is CCOC1CC(NCc2cnc(C)cn2)C1. The zero-order valence-corrected chi connectivity index (χ0v) is 9.94. The smallest absolute Gasteiger partial charge is 0.0724 e. The molecule has 1 saturated carbocycles. The van der Waals surface area contributed by atoms with Gasteiger partial charge in [0.2, 0.25) is 0 Å². The summed E-state index contributed by atoms with van der Waals surface area (Å²) in [6, 6.07) is 0.583. The Morgan fingerprint density at radius 2 is 2.19 bits per heavy atom. The Balaban J connectivity index is 1.67. The van der Waals surface area contributed by atoms with Crippen molar-refractivity contribution in [1.29, 1.82) is 0 Å². The Morgan fingerprint density at radius 3 is 2.81 bits per heavy atom. The van der Waals surface area contributed by atoms with Crippen molar-refractivity contribution >= 4 is 0 Å². The van der Waals surface area contributed by atoms with E-state index in [1.54, 1.807) is 6.20 Å². The van der Waals surface area contributed by atoms with Crippen LogP contribution >= 0.6 is 0 Å². The lowest BCUT2D eigenvalue weighted by molar-refractivity contribution is -0.0103. The molecule has 0 amide bonds. The number of hydrogen-bond acceptors (Lipinski definition) is 4. The van der Waals surface area contributed by atoms with Crippen LogP contribution in [0.15, 0.2) is 12.4 Å². The maximum absolute atomic E-state index is 5.51. The van der Waals surface area contributed by atoms with E-state index in [0.29, 0.717) is 12.1 Å². The van der Waals surface area contributed by atoms with Crippen LogP contribution in [0, 0.1) is 6.92 Å². The van der Waals surface area contributed by atoms with Crippen molar-refractivity contribution in [2.24, 2.45) is 0 Å². The zero-order chi connectivity index (χ0) is 11.4. The Labute approximate surface area is 96.4 Å². The summed E-state index contributed by atoms with van der Waals surface area (Å²) in [6.07, 6.45) is 6.34. The normalized spacial score (nSPS) is 24.1. The van der Waals surface area contributed by atoms with Crippen molar-refractivity contribution in [1.82, 2.24) is 15.3 Å². The van der Waals surface area contributed by atoms with Crippen LogP contribution in [0.2, 0.25) is 0 Å². The second kappa shape index (κ2) is 5.37. The van der Waals surface area contributed by atoms with Crippen molar-refractivity contribution in [2.45, 2.75) is 45.4 Å². The fourth-order valence-corrected chi connectivity index (χ4v) is 1.86. The van der Waals surface area contributed by atoms with Crippen molar-refractivity contribution in [3.05, 3.63) is 23.8 Å². The number of nitrogens with one attached hydrogen (secondary N) is 1. The van der Waals surface area contributed by atoms with E-state index in [4.69, 9.17) is 4.74 Å². The molecule has 1 aromatic rings. The van der Waals surface area contributed by atoms with Crippen LogP contribution in [-0.4, -0.2) is 28.7 Å². The van der Waals surface area contributed by atoms with Gasteiger partial charge in [-0.1, -0.05) is 0 Å². The molecule has 0 spiro atoms. The van der Waals surface area contributed by atoms with Gasteiger partial charge in [0.05, 0.1) is 17.5 Å². The molecule has 0 atom stereocenters. The molecule has 1 N–H and O–H groups in total. The van der Waals surface area contributed by atoms with Gasteiger partial charge in [0.25, 0.3) is 0 Å². The molecule has 1 heterocycles. The predicted octanol–water partition coefficient (Wildman–Crippen LogP) is 1.44. The summed E-state index contributed by atoms with van der Waals surface area (Å²) in [5, 5.41) is 3.46. The van der Waals surface area contributed by atoms with Gasteiger partial charge < -0.3 is 10.1 Å². The molecule has 16 heavy (non-hydrogen) atoms. The van der Waals surface area contributed by atoms with Gasteiger partial charge in [-0.25, -0.2) is 0 Å². The minimum atomic E-state index is 0.464. The average molecular weight is 221 g/mol. The number of ether oxygens (including phenoxy) is 1. The maximum Gasteiger partial charge on any atom is 0.0724 e. The summed E-state index contributed by atoms with van der Waals surface area (Å²) in [5.41, 5.74) is 1.97. The molecule has 0 aromatic carbocycles. The number of aromatic nitrogens is 2. The molecule has 1 aliphatic carbocycles. The molecule has 4 heteroatoms. The van der Waals surface area contributed by atoms with E-state index in [1.807, 2.05) is 20.0 Å². The van der Waals surface area contributed by atoms with Crippen LogP contribution < -0.4 is 5.32 Å². The van der Waals surface area contributed by atoms with Gasteiger partial charge in [0.15, 0.2) is 0 Å². The third-order valence-corrected chi connectivity index (χ3v) is 2.90. The summed E-state index contributed by atoms with van der Waals surface area (Å²) < 4.78 is 5.51. The van der Waals surface area contributed by atoms with Crippen LogP contribution in [0.4, 0.5) is 0 Å². The minimum absolute atomic E-state index is 0.464. The number of aryl methyl sites for hydroxylation is 1. The van der Waals surface area contributed by atoms with E-state index in [2.05, 4.69) is 15.3 Å². The fourth-order valence-electron chi connectivity index (χ4n) is 1.86. The van der Waals surface area contributed by atoms with Gasteiger partial charge in [-0.05, 0) is 26.7 Å². The van der Waals surface area contributed by atoms with E-state index in [1.165, 1.54) is 0 Å². The Bertz CT molecular complexity index is 320. The molecule has 0 bridgehead atoms. The highest BCUT2D eigenvalue weighted by Crippen LogP contribution is 2.23. The third-order valence-electron chi connectivity index (χ3n) is 2.90. The molecule has 1 fully saturated rings. The van der Waals surface area contributed by atoms with Crippen LogP contribution in [0.3, 0.4) is 0 Å². The highest BCUT2D eigenvalue weighted by Gasteiger charge is 2.28. The van der Waals surface area contributed by atoms with Crippen LogP contribution in [0.1, 0.15) is 31.2 Å². The van der Waals surface area contributed by atoms with Gasteiger partial charge >= 0.3 is 0 Å². The van der Waals surface area contributed by atoms with Gasteiger partial charge in [0.1, 0.15) is 0 Å². The third kappa shape index (κ3) is 3.00. The largest absolute Gasteiger partial charge is 0.378 e. The zero-order valence-electron chi connectivity index (χ0n) is 9.94. The molecule has 0 radical (unpaired) electrons. The second-order valence-electron chi connectivity index (χ2n) is 4.28. The summed E-state index contributed by atoms with van der Waals surface area (Å²) >= 11 is 0. The van der Waals surface area contributed by atoms with E-state index >= 15 is 0 Å². The van der Waals surface area contributed by atoms with E-state index in [9.17, 15) is 0 Å². The topological polar surface area (TPSA) is 47.0 Å². The van der Waals surface area contributed by atoms with Crippen LogP contribution in [-0.2, 0) is 11.3 Å². The van der Waals surface area contributed by atoms with Gasteiger partial charge in [-0.2, -0.15) is 0 Å². The first-order chi connectivity index (χ1) is 7.78. The lowest BCUT2D eigenvalue weighted by Gasteiger charge is -2.35. The molecule has 88 valence electrons. The Kier molecular flexibility index (Phi) is 3.85. The van der Waals surface area contributed by atoms with Crippen LogP contribution in [0.25, 0.3) is 0 Å². The van der Waals surface area contributed by atoms with Crippen molar-refractivity contribution < 1.29 is 4.74 Å². The summed E-state index contributed by atoms with van der Waals surface area (Å²) in [5.74, 6) is 0. The first-order valence-electron chi connectivity index (χ1n) is 5.90. The summed E-state index contributed by atoms with van der Waals surface area (Å²) in [7, 11) is 0. The lowest BCUT2D eigenvalue weighted by Crippen LogP contribution is -2.45. The Hall–Kier alpha value is -1.00. The van der Waals surface area contributed by atoms with Gasteiger partial charge in [-0.3, -0.25) is 9.97 Å². The quantitative estimate of drug-likeness (QED) is 0.817. The molecule has 1 aromatic heterocycles. The molecule has 4 nitrogen and oxygen atoms in total. The fraction of sp³-hybridized carbons (Fsp3) is 0.667.